The van der Waals surface area contributed by atoms with Crippen molar-refractivity contribution >= 4 is 34.4 Å². The molecule has 2 aromatic heterocycles. The Morgan fingerprint density at radius 1 is 1.58 bits per heavy atom. The van der Waals surface area contributed by atoms with Crippen LogP contribution in [0.3, 0.4) is 0 Å². The van der Waals surface area contributed by atoms with E-state index in [-0.39, 0.29) is 11.2 Å². The molecule has 7 nitrogen and oxygen atoms in total. The minimum absolute atomic E-state index is 0.152. The van der Waals surface area contributed by atoms with Crippen LogP contribution in [0.2, 0.25) is 5.28 Å². The summed E-state index contributed by atoms with van der Waals surface area (Å²) in [6.45, 7) is 3.09. The van der Waals surface area contributed by atoms with Crippen molar-refractivity contribution in [2.24, 2.45) is 11.1 Å². The van der Waals surface area contributed by atoms with Crippen LogP contribution in [0.4, 0.5) is 5.82 Å². The van der Waals surface area contributed by atoms with E-state index in [1.807, 2.05) is 11.8 Å². The van der Waals surface area contributed by atoms with Crippen LogP contribution in [0.1, 0.15) is 13.3 Å². The number of rotatable bonds is 2. The zero-order chi connectivity index (χ0) is 13.6. The van der Waals surface area contributed by atoms with Crippen molar-refractivity contribution in [2.45, 2.75) is 13.3 Å². The summed E-state index contributed by atoms with van der Waals surface area (Å²) in [4.78, 5) is 21.8. The number of halogens is 1. The van der Waals surface area contributed by atoms with E-state index < -0.39 is 5.41 Å². The predicted octanol–water partition coefficient (Wildman–Crippen LogP) is 0.708. The zero-order valence-corrected chi connectivity index (χ0v) is 11.1. The molecule has 1 atom stereocenters. The molecule has 0 spiro atoms. The fourth-order valence-electron chi connectivity index (χ4n) is 2.38. The smallest absolute Gasteiger partial charge is 0.226 e. The molecule has 1 aliphatic heterocycles. The van der Waals surface area contributed by atoms with E-state index in [4.69, 9.17) is 17.3 Å². The molecule has 1 saturated heterocycles. The third kappa shape index (κ3) is 1.90. The molecule has 0 aromatic carbocycles. The lowest BCUT2D eigenvalue weighted by atomic mass is 9.89. The third-order valence-corrected chi connectivity index (χ3v) is 3.80. The molecule has 0 aliphatic carbocycles. The van der Waals surface area contributed by atoms with Crippen LogP contribution in [0.5, 0.6) is 0 Å². The first-order valence-corrected chi connectivity index (χ1v) is 6.29. The summed E-state index contributed by atoms with van der Waals surface area (Å²) in [5.41, 5.74) is 5.50. The van der Waals surface area contributed by atoms with E-state index in [1.165, 1.54) is 0 Å². The van der Waals surface area contributed by atoms with Crippen LogP contribution in [-0.4, -0.2) is 39.2 Å². The maximum Gasteiger partial charge on any atom is 0.226 e. The number of nitrogens with one attached hydrogen (secondary N) is 1. The van der Waals surface area contributed by atoms with Gasteiger partial charge in [0.15, 0.2) is 5.65 Å². The normalized spacial score (nSPS) is 23.2. The second-order valence-electron chi connectivity index (χ2n) is 5.04. The molecule has 1 amide bonds. The van der Waals surface area contributed by atoms with Crippen LogP contribution in [0.25, 0.3) is 11.0 Å². The Bertz CT molecular complexity index is 656. The number of aromatic amines is 1. The number of fused-ring (bicyclic) bond motifs is 1. The molecule has 0 saturated carbocycles. The van der Waals surface area contributed by atoms with Crippen LogP contribution in [0, 0.1) is 5.41 Å². The van der Waals surface area contributed by atoms with Crippen molar-refractivity contribution in [2.75, 3.05) is 18.0 Å². The average Bonchev–Trinajstić information content (AvgIpc) is 2.95. The van der Waals surface area contributed by atoms with E-state index in [9.17, 15) is 4.79 Å². The molecule has 0 bridgehead atoms. The number of nitrogens with two attached hydrogens (primary N) is 1. The van der Waals surface area contributed by atoms with Gasteiger partial charge in [-0.2, -0.15) is 15.1 Å². The molecule has 3 heterocycles. The molecule has 1 aliphatic rings. The van der Waals surface area contributed by atoms with Gasteiger partial charge in [-0.1, -0.05) is 0 Å². The number of hydrogen-bond acceptors (Lipinski definition) is 5. The fraction of sp³-hybridized carbons (Fsp3) is 0.455. The van der Waals surface area contributed by atoms with Crippen LogP contribution < -0.4 is 10.6 Å². The molecule has 8 heteroatoms. The van der Waals surface area contributed by atoms with Crippen LogP contribution in [-0.2, 0) is 4.79 Å². The number of hydrogen-bond donors (Lipinski definition) is 2. The topological polar surface area (TPSA) is 101 Å². The summed E-state index contributed by atoms with van der Waals surface area (Å²) in [6.07, 6.45) is 2.35. The monoisotopic (exact) mass is 280 g/mol. The van der Waals surface area contributed by atoms with Gasteiger partial charge in [-0.3, -0.25) is 9.89 Å². The number of anilines is 1. The summed E-state index contributed by atoms with van der Waals surface area (Å²) >= 11 is 5.90. The van der Waals surface area contributed by atoms with E-state index in [2.05, 4.69) is 20.2 Å². The van der Waals surface area contributed by atoms with E-state index in [0.717, 1.165) is 5.39 Å². The van der Waals surface area contributed by atoms with Gasteiger partial charge in [0, 0.05) is 13.1 Å². The molecule has 1 unspecified atom stereocenters. The predicted molar refractivity (Wildman–Crippen MR) is 70.8 cm³/mol. The van der Waals surface area contributed by atoms with Crippen molar-refractivity contribution in [3.63, 3.8) is 0 Å². The minimum atomic E-state index is -0.534. The van der Waals surface area contributed by atoms with Gasteiger partial charge in [-0.25, -0.2) is 0 Å². The molecule has 19 heavy (non-hydrogen) atoms. The summed E-state index contributed by atoms with van der Waals surface area (Å²) in [7, 11) is 0. The Hall–Kier alpha value is -1.89. The number of nitrogens with zero attached hydrogens (tertiary/aromatic N) is 4. The largest absolute Gasteiger partial charge is 0.369 e. The van der Waals surface area contributed by atoms with Gasteiger partial charge in [-0.15, -0.1) is 0 Å². The van der Waals surface area contributed by atoms with Gasteiger partial charge in [-0.05, 0) is 24.9 Å². The Balaban J connectivity index is 2.02. The highest BCUT2D eigenvalue weighted by Crippen LogP contribution is 2.34. The van der Waals surface area contributed by atoms with Crippen molar-refractivity contribution < 1.29 is 4.79 Å². The fourth-order valence-corrected chi connectivity index (χ4v) is 2.54. The Morgan fingerprint density at radius 2 is 2.37 bits per heavy atom. The van der Waals surface area contributed by atoms with Gasteiger partial charge in [0.25, 0.3) is 0 Å². The summed E-state index contributed by atoms with van der Waals surface area (Å²) in [5, 5.41) is 7.65. The van der Waals surface area contributed by atoms with Crippen molar-refractivity contribution in [1.29, 1.82) is 0 Å². The lowest BCUT2D eigenvalue weighted by molar-refractivity contribution is -0.125. The molecule has 3 N–H and O–H groups in total. The number of carbonyl (C=O) groups excluding carboxylic acids is 1. The van der Waals surface area contributed by atoms with Crippen molar-refractivity contribution in [3.8, 4) is 0 Å². The second-order valence-corrected chi connectivity index (χ2v) is 5.38. The maximum absolute atomic E-state index is 11.5. The minimum Gasteiger partial charge on any atom is -0.369 e. The first kappa shape index (κ1) is 12.2. The Kier molecular flexibility index (Phi) is 2.60. The number of H-pyrrole nitrogens is 1. The summed E-state index contributed by atoms with van der Waals surface area (Å²) in [5.74, 6) is 0.396. The number of amides is 1. The SMILES string of the molecule is CC1(C(N)=O)CCN(c2nc(Cl)nc3[nH]ncc23)C1. The Labute approximate surface area is 114 Å². The number of carbonyl (C=O) groups is 1. The van der Waals surface area contributed by atoms with Crippen molar-refractivity contribution in [3.05, 3.63) is 11.5 Å². The molecule has 2 aromatic rings. The zero-order valence-electron chi connectivity index (χ0n) is 10.4. The van der Waals surface area contributed by atoms with E-state index >= 15 is 0 Å². The van der Waals surface area contributed by atoms with Gasteiger partial charge in [0.1, 0.15) is 5.82 Å². The van der Waals surface area contributed by atoms with Gasteiger partial charge < -0.3 is 10.6 Å². The van der Waals surface area contributed by atoms with Gasteiger partial charge in [0.2, 0.25) is 11.2 Å². The molecular formula is C11H13ClN6O. The number of aromatic nitrogens is 4. The lowest BCUT2D eigenvalue weighted by Gasteiger charge is -2.22. The van der Waals surface area contributed by atoms with Crippen molar-refractivity contribution in [1.82, 2.24) is 20.2 Å². The second kappa shape index (κ2) is 4.06. The summed E-state index contributed by atoms with van der Waals surface area (Å²) in [6, 6.07) is 0. The number of primary amides is 1. The quantitative estimate of drug-likeness (QED) is 0.789. The van der Waals surface area contributed by atoms with E-state index in [1.54, 1.807) is 6.20 Å². The molecule has 3 rings (SSSR count). The first-order valence-electron chi connectivity index (χ1n) is 5.91. The highest BCUT2D eigenvalue weighted by Gasteiger charge is 2.40. The van der Waals surface area contributed by atoms with Crippen LogP contribution in [0.15, 0.2) is 6.20 Å². The molecule has 1 fully saturated rings. The summed E-state index contributed by atoms with van der Waals surface area (Å²) < 4.78 is 0. The highest BCUT2D eigenvalue weighted by molar-refractivity contribution is 6.28. The van der Waals surface area contributed by atoms with E-state index in [0.29, 0.717) is 31.0 Å². The van der Waals surface area contributed by atoms with Gasteiger partial charge in [0.05, 0.1) is 17.0 Å². The highest BCUT2D eigenvalue weighted by atomic mass is 35.5. The molecular weight excluding hydrogens is 268 g/mol. The molecule has 100 valence electrons. The first-order chi connectivity index (χ1) is 8.99. The third-order valence-electron chi connectivity index (χ3n) is 3.63. The maximum atomic E-state index is 11.5. The average molecular weight is 281 g/mol. The Morgan fingerprint density at radius 3 is 3.05 bits per heavy atom. The standard InChI is InChI=1S/C11H13ClN6O/c1-11(9(13)19)2-3-18(5-11)8-6-4-14-17-7(6)15-10(12)16-8/h4H,2-3,5H2,1H3,(H2,13,19)(H,14,15,16,17). The molecule has 0 radical (unpaired) electrons. The van der Waals surface area contributed by atoms with Crippen LogP contribution >= 0.6 is 11.6 Å². The van der Waals surface area contributed by atoms with Gasteiger partial charge >= 0.3 is 0 Å². The lowest BCUT2D eigenvalue weighted by Crippen LogP contribution is -2.37.